The van der Waals surface area contributed by atoms with Crippen LogP contribution in [0.5, 0.6) is 0 Å². The number of hydrogen-bond acceptors (Lipinski definition) is 4. The molecule has 0 radical (unpaired) electrons. The van der Waals surface area contributed by atoms with E-state index >= 15 is 0 Å². The highest BCUT2D eigenvalue weighted by Gasteiger charge is 2.14. The van der Waals surface area contributed by atoms with Crippen LogP contribution in [0.4, 0.5) is 11.5 Å². The first kappa shape index (κ1) is 13.1. The lowest BCUT2D eigenvalue weighted by Crippen LogP contribution is -2.36. The zero-order chi connectivity index (χ0) is 12.1. The second-order valence-corrected chi connectivity index (χ2v) is 4.06. The fourth-order valence-electron chi connectivity index (χ4n) is 1.68. The maximum absolute atomic E-state index is 5.88. The predicted octanol–water partition coefficient (Wildman–Crippen LogP) is 2.18. The fourth-order valence-corrected chi connectivity index (χ4v) is 1.89. The van der Waals surface area contributed by atoms with Crippen LogP contribution in [0.1, 0.15) is 13.8 Å². The molecule has 0 aliphatic heterocycles. The lowest BCUT2D eigenvalue weighted by molar-refractivity contribution is 0.181. The van der Waals surface area contributed by atoms with Crippen molar-refractivity contribution in [3.05, 3.63) is 17.3 Å². The Morgan fingerprint density at radius 1 is 1.56 bits per heavy atom. The third kappa shape index (κ3) is 3.25. The molecule has 0 aliphatic carbocycles. The van der Waals surface area contributed by atoms with Gasteiger partial charge >= 0.3 is 0 Å². The maximum Gasteiger partial charge on any atom is 0.133 e. The third-order valence-electron chi connectivity index (χ3n) is 2.38. The zero-order valence-electron chi connectivity index (χ0n) is 9.90. The molecular formula is C11H18ClN3O. The molecule has 4 nitrogen and oxygen atoms in total. The van der Waals surface area contributed by atoms with Crippen LogP contribution in [0.2, 0.25) is 5.15 Å². The largest absolute Gasteiger partial charge is 0.399 e. The molecule has 0 saturated carbocycles. The maximum atomic E-state index is 5.88. The number of aromatic nitrogens is 1. The molecule has 16 heavy (non-hydrogen) atoms. The Morgan fingerprint density at radius 2 is 2.25 bits per heavy atom. The minimum absolute atomic E-state index is 0.236. The second-order valence-electron chi connectivity index (χ2n) is 3.67. The summed E-state index contributed by atoms with van der Waals surface area (Å²) in [5.41, 5.74) is 6.37. The molecule has 1 heterocycles. The van der Waals surface area contributed by atoms with Crippen LogP contribution in [-0.2, 0) is 4.74 Å². The van der Waals surface area contributed by atoms with E-state index < -0.39 is 0 Å². The Bertz CT molecular complexity index is 326. The SMILES string of the molecule is CCN(c1cc(N)cc(Cl)n1)C(C)COC. The van der Waals surface area contributed by atoms with Gasteiger partial charge < -0.3 is 15.4 Å². The molecule has 2 N–H and O–H groups in total. The van der Waals surface area contributed by atoms with Crippen molar-refractivity contribution in [1.29, 1.82) is 0 Å². The number of nitrogen functional groups attached to an aromatic ring is 1. The highest BCUT2D eigenvalue weighted by Crippen LogP contribution is 2.21. The number of rotatable bonds is 5. The number of hydrogen-bond donors (Lipinski definition) is 1. The summed E-state index contributed by atoms with van der Waals surface area (Å²) in [6, 6.07) is 3.70. The van der Waals surface area contributed by atoms with Gasteiger partial charge in [-0.15, -0.1) is 0 Å². The van der Waals surface area contributed by atoms with Crippen molar-refractivity contribution < 1.29 is 4.74 Å². The van der Waals surface area contributed by atoms with E-state index in [4.69, 9.17) is 22.1 Å². The standard InChI is InChI=1S/C11H18ClN3O/c1-4-15(8(2)7-16-3)11-6-9(13)5-10(12)14-11/h5-6,8H,4,7H2,1-3H3,(H2,13,14). The topological polar surface area (TPSA) is 51.4 Å². The van der Waals surface area contributed by atoms with E-state index in [2.05, 4.69) is 23.7 Å². The van der Waals surface area contributed by atoms with Crippen molar-refractivity contribution in [2.75, 3.05) is 30.9 Å². The number of likely N-dealkylation sites (N-methyl/N-ethyl adjacent to an activating group) is 1. The van der Waals surface area contributed by atoms with E-state index in [0.717, 1.165) is 12.4 Å². The van der Waals surface area contributed by atoms with Gasteiger partial charge in [-0.2, -0.15) is 0 Å². The number of methoxy groups -OCH3 is 1. The molecule has 1 atom stereocenters. The normalized spacial score (nSPS) is 12.5. The highest BCUT2D eigenvalue weighted by atomic mass is 35.5. The van der Waals surface area contributed by atoms with Crippen molar-refractivity contribution in [3.63, 3.8) is 0 Å². The lowest BCUT2D eigenvalue weighted by Gasteiger charge is -2.28. The third-order valence-corrected chi connectivity index (χ3v) is 2.57. The van der Waals surface area contributed by atoms with Gasteiger partial charge in [0.1, 0.15) is 11.0 Å². The number of nitrogens with zero attached hydrogens (tertiary/aromatic N) is 2. The van der Waals surface area contributed by atoms with Crippen LogP contribution in [0.15, 0.2) is 12.1 Å². The molecule has 0 spiro atoms. The van der Waals surface area contributed by atoms with Crippen LogP contribution in [0, 0.1) is 0 Å². The average Bonchev–Trinajstić information content (AvgIpc) is 2.17. The molecule has 1 aromatic rings. The molecule has 90 valence electrons. The van der Waals surface area contributed by atoms with Crippen LogP contribution in [0.3, 0.4) is 0 Å². The van der Waals surface area contributed by atoms with Crippen LogP contribution >= 0.6 is 11.6 Å². The number of anilines is 2. The molecule has 1 aromatic heterocycles. The number of ether oxygens (including phenoxy) is 1. The Kier molecular flexibility index (Phi) is 4.83. The first-order valence-electron chi connectivity index (χ1n) is 5.27. The van der Waals surface area contributed by atoms with Gasteiger partial charge in [-0.1, -0.05) is 11.6 Å². The first-order chi connectivity index (χ1) is 7.58. The van der Waals surface area contributed by atoms with Gasteiger partial charge in [0.05, 0.1) is 12.6 Å². The van der Waals surface area contributed by atoms with E-state index in [1.165, 1.54) is 0 Å². The van der Waals surface area contributed by atoms with Crippen molar-refractivity contribution >= 4 is 23.1 Å². The quantitative estimate of drug-likeness (QED) is 0.806. The summed E-state index contributed by atoms with van der Waals surface area (Å²) < 4.78 is 5.13. The van der Waals surface area contributed by atoms with E-state index in [1.54, 1.807) is 13.2 Å². The fraction of sp³-hybridized carbons (Fsp3) is 0.545. The van der Waals surface area contributed by atoms with Gasteiger partial charge in [-0.25, -0.2) is 4.98 Å². The number of pyridine rings is 1. The highest BCUT2D eigenvalue weighted by molar-refractivity contribution is 6.29. The Labute approximate surface area is 101 Å². The van der Waals surface area contributed by atoms with Crippen LogP contribution in [-0.4, -0.2) is 31.3 Å². The van der Waals surface area contributed by atoms with E-state index in [9.17, 15) is 0 Å². The van der Waals surface area contributed by atoms with Gasteiger partial charge in [0.2, 0.25) is 0 Å². The van der Waals surface area contributed by atoms with Crippen molar-refractivity contribution in [1.82, 2.24) is 4.98 Å². The van der Waals surface area contributed by atoms with Gasteiger partial charge in [0, 0.05) is 25.4 Å². The summed E-state index contributed by atoms with van der Waals surface area (Å²) in [5, 5.41) is 0.415. The molecule has 5 heteroatoms. The predicted molar refractivity (Wildman–Crippen MR) is 68.0 cm³/mol. The molecule has 0 bridgehead atoms. The summed E-state index contributed by atoms with van der Waals surface area (Å²) in [6.45, 7) is 5.61. The molecule has 0 aliphatic rings. The van der Waals surface area contributed by atoms with Crippen molar-refractivity contribution in [3.8, 4) is 0 Å². The summed E-state index contributed by atoms with van der Waals surface area (Å²) in [7, 11) is 1.68. The lowest BCUT2D eigenvalue weighted by atomic mass is 10.2. The Morgan fingerprint density at radius 3 is 2.75 bits per heavy atom. The molecular weight excluding hydrogens is 226 g/mol. The van der Waals surface area contributed by atoms with Crippen LogP contribution < -0.4 is 10.6 Å². The van der Waals surface area contributed by atoms with E-state index in [1.807, 2.05) is 6.07 Å². The molecule has 0 aromatic carbocycles. The van der Waals surface area contributed by atoms with Gasteiger partial charge in [-0.3, -0.25) is 0 Å². The van der Waals surface area contributed by atoms with E-state index in [0.29, 0.717) is 17.4 Å². The van der Waals surface area contributed by atoms with Gasteiger partial charge in [0.15, 0.2) is 0 Å². The average molecular weight is 244 g/mol. The van der Waals surface area contributed by atoms with Crippen molar-refractivity contribution in [2.24, 2.45) is 0 Å². The monoisotopic (exact) mass is 243 g/mol. The Hall–Kier alpha value is -1.00. The summed E-state index contributed by atoms with van der Waals surface area (Å²) in [5.74, 6) is 0.789. The van der Waals surface area contributed by atoms with Gasteiger partial charge in [-0.05, 0) is 19.9 Å². The number of nitrogens with two attached hydrogens (primary N) is 1. The molecule has 1 rings (SSSR count). The molecule has 1 unspecified atom stereocenters. The summed E-state index contributed by atoms with van der Waals surface area (Å²) in [4.78, 5) is 6.37. The molecule has 0 amide bonds. The first-order valence-corrected chi connectivity index (χ1v) is 5.65. The zero-order valence-corrected chi connectivity index (χ0v) is 10.7. The molecule has 0 saturated heterocycles. The molecule has 0 fully saturated rings. The van der Waals surface area contributed by atoms with Gasteiger partial charge in [0.25, 0.3) is 0 Å². The minimum atomic E-state index is 0.236. The van der Waals surface area contributed by atoms with E-state index in [-0.39, 0.29) is 6.04 Å². The summed E-state index contributed by atoms with van der Waals surface area (Å²) in [6.07, 6.45) is 0. The minimum Gasteiger partial charge on any atom is -0.399 e. The second kappa shape index (κ2) is 5.92. The van der Waals surface area contributed by atoms with Crippen molar-refractivity contribution in [2.45, 2.75) is 19.9 Å². The van der Waals surface area contributed by atoms with Crippen LogP contribution in [0.25, 0.3) is 0 Å². The summed E-state index contributed by atoms with van der Waals surface area (Å²) >= 11 is 5.88. The smallest absolute Gasteiger partial charge is 0.133 e. The number of halogens is 1. The Balaban J connectivity index is 2.94.